The highest BCUT2D eigenvalue weighted by Gasteiger charge is 2.04. The smallest absolute Gasteiger partial charge is 0.413 e. The first-order valence-electron chi connectivity index (χ1n) is 4.79. The molecule has 6 heteroatoms. The summed E-state index contributed by atoms with van der Waals surface area (Å²) in [5.74, 6) is 0.576. The molecule has 1 aromatic heterocycles. The Morgan fingerprint density at radius 2 is 2.31 bits per heavy atom. The van der Waals surface area contributed by atoms with Crippen LogP contribution in [0.15, 0.2) is 18.3 Å². The number of aromatic nitrogens is 1. The minimum absolute atomic E-state index is 0.162. The summed E-state index contributed by atoms with van der Waals surface area (Å²) >= 11 is 4.90. The number of anilines is 1. The van der Waals surface area contributed by atoms with Crippen molar-refractivity contribution in [1.29, 1.82) is 0 Å². The Hall–Kier alpha value is -1.69. The van der Waals surface area contributed by atoms with Crippen molar-refractivity contribution in [3.63, 3.8) is 0 Å². The van der Waals surface area contributed by atoms with Gasteiger partial charge in [-0.25, -0.2) is 9.78 Å². The summed E-state index contributed by atoms with van der Waals surface area (Å²) in [6, 6.07) is 3.66. The second kappa shape index (κ2) is 6.02. The maximum Gasteiger partial charge on any atom is 0.413 e. The molecule has 0 bridgehead atoms. The summed E-state index contributed by atoms with van der Waals surface area (Å²) in [4.78, 5) is 15.1. The third-order valence-electron chi connectivity index (χ3n) is 1.64. The lowest BCUT2D eigenvalue weighted by Gasteiger charge is -2.08. The van der Waals surface area contributed by atoms with Crippen molar-refractivity contribution >= 4 is 29.2 Å². The Labute approximate surface area is 99.2 Å². The first-order valence-corrected chi connectivity index (χ1v) is 5.20. The predicted molar refractivity (Wildman–Crippen MR) is 65.4 cm³/mol. The van der Waals surface area contributed by atoms with Gasteiger partial charge in [-0.05, 0) is 37.7 Å². The van der Waals surface area contributed by atoms with Gasteiger partial charge in [-0.3, -0.25) is 5.32 Å². The van der Waals surface area contributed by atoms with Gasteiger partial charge in [0.1, 0.15) is 5.82 Å². The number of carbonyl (C=O) groups is 1. The van der Waals surface area contributed by atoms with Crippen molar-refractivity contribution in [2.45, 2.75) is 13.8 Å². The fourth-order valence-electron chi connectivity index (χ4n) is 0.949. The molecular formula is C10H13N3O2S. The van der Waals surface area contributed by atoms with E-state index in [4.69, 9.17) is 12.2 Å². The highest BCUT2D eigenvalue weighted by atomic mass is 32.1. The minimum atomic E-state index is -0.577. The van der Waals surface area contributed by atoms with E-state index < -0.39 is 6.09 Å². The molecular weight excluding hydrogens is 226 g/mol. The van der Waals surface area contributed by atoms with Crippen LogP contribution in [-0.4, -0.2) is 22.8 Å². The van der Waals surface area contributed by atoms with E-state index in [9.17, 15) is 4.79 Å². The van der Waals surface area contributed by atoms with Crippen LogP contribution in [0.3, 0.4) is 0 Å². The fourth-order valence-corrected chi connectivity index (χ4v) is 1.14. The summed E-state index contributed by atoms with van der Waals surface area (Å²) < 4.78 is 4.67. The number of hydrogen-bond acceptors (Lipinski definition) is 4. The number of aryl methyl sites for hydroxylation is 1. The SMILES string of the molecule is CCOC(=O)NC(=S)Nc1ccc(C)cn1. The monoisotopic (exact) mass is 239 g/mol. The Morgan fingerprint density at radius 1 is 1.56 bits per heavy atom. The van der Waals surface area contributed by atoms with Crippen LogP contribution in [-0.2, 0) is 4.74 Å². The van der Waals surface area contributed by atoms with E-state index in [1.807, 2.05) is 13.0 Å². The zero-order valence-corrected chi connectivity index (χ0v) is 9.93. The third kappa shape index (κ3) is 4.22. The van der Waals surface area contributed by atoms with Crippen LogP contribution >= 0.6 is 12.2 Å². The van der Waals surface area contributed by atoms with Crippen LogP contribution in [0.2, 0.25) is 0 Å². The summed E-state index contributed by atoms with van der Waals surface area (Å²) in [6.07, 6.45) is 1.13. The topological polar surface area (TPSA) is 63.2 Å². The highest BCUT2D eigenvalue weighted by molar-refractivity contribution is 7.80. The number of rotatable bonds is 2. The lowest BCUT2D eigenvalue weighted by atomic mass is 10.3. The molecule has 0 saturated heterocycles. The standard InChI is InChI=1S/C10H13N3O2S/c1-3-15-10(14)13-9(16)12-8-5-4-7(2)6-11-8/h4-6H,3H2,1-2H3,(H2,11,12,13,14,16). The van der Waals surface area contributed by atoms with E-state index in [2.05, 4.69) is 20.4 Å². The molecule has 5 nitrogen and oxygen atoms in total. The largest absolute Gasteiger partial charge is 0.450 e. The molecule has 0 atom stereocenters. The first-order chi connectivity index (χ1) is 7.61. The number of amides is 1. The summed E-state index contributed by atoms with van der Waals surface area (Å²) in [5.41, 5.74) is 1.05. The van der Waals surface area contributed by atoms with Crippen LogP contribution in [0.5, 0.6) is 0 Å². The van der Waals surface area contributed by atoms with Crippen LogP contribution in [0.4, 0.5) is 10.6 Å². The molecule has 1 amide bonds. The second-order valence-corrected chi connectivity index (χ2v) is 3.43. The molecule has 0 saturated carbocycles. The number of alkyl carbamates (subject to hydrolysis) is 1. The molecule has 0 unspecified atom stereocenters. The Bertz CT molecular complexity index is 378. The summed E-state index contributed by atoms with van der Waals surface area (Å²) in [6.45, 7) is 3.96. The van der Waals surface area contributed by atoms with Crippen molar-refractivity contribution in [1.82, 2.24) is 10.3 Å². The van der Waals surface area contributed by atoms with Crippen LogP contribution in [0.1, 0.15) is 12.5 Å². The maximum atomic E-state index is 11.0. The van der Waals surface area contributed by atoms with Gasteiger partial charge in [0.2, 0.25) is 0 Å². The zero-order valence-electron chi connectivity index (χ0n) is 9.11. The normalized spacial score (nSPS) is 9.38. The summed E-state index contributed by atoms with van der Waals surface area (Å²) in [5, 5.41) is 5.29. The van der Waals surface area contributed by atoms with Gasteiger partial charge in [0.05, 0.1) is 6.61 Å². The van der Waals surface area contributed by atoms with E-state index in [1.54, 1.807) is 19.2 Å². The third-order valence-corrected chi connectivity index (χ3v) is 1.85. The van der Waals surface area contributed by atoms with Crippen molar-refractivity contribution < 1.29 is 9.53 Å². The van der Waals surface area contributed by atoms with Crippen molar-refractivity contribution in [3.8, 4) is 0 Å². The van der Waals surface area contributed by atoms with Gasteiger partial charge in [0.25, 0.3) is 0 Å². The Balaban J connectivity index is 2.45. The van der Waals surface area contributed by atoms with Crippen molar-refractivity contribution in [2.24, 2.45) is 0 Å². The van der Waals surface area contributed by atoms with Crippen LogP contribution in [0, 0.1) is 6.92 Å². The molecule has 16 heavy (non-hydrogen) atoms. The molecule has 0 aromatic carbocycles. The number of hydrogen-bond donors (Lipinski definition) is 2. The van der Waals surface area contributed by atoms with Gasteiger partial charge in [0, 0.05) is 6.20 Å². The predicted octanol–water partition coefficient (Wildman–Crippen LogP) is 1.83. The average Bonchev–Trinajstić information content (AvgIpc) is 2.21. The van der Waals surface area contributed by atoms with Crippen molar-refractivity contribution in [3.05, 3.63) is 23.9 Å². The molecule has 2 N–H and O–H groups in total. The molecule has 1 rings (SSSR count). The Morgan fingerprint density at radius 3 is 2.88 bits per heavy atom. The number of carbonyl (C=O) groups excluding carboxylic acids is 1. The quantitative estimate of drug-likeness (QED) is 0.771. The summed E-state index contributed by atoms with van der Waals surface area (Å²) in [7, 11) is 0. The molecule has 1 aromatic rings. The number of pyridine rings is 1. The Kier molecular flexibility index (Phi) is 4.65. The van der Waals surface area contributed by atoms with Gasteiger partial charge < -0.3 is 10.1 Å². The minimum Gasteiger partial charge on any atom is -0.450 e. The van der Waals surface area contributed by atoms with Crippen LogP contribution in [0.25, 0.3) is 0 Å². The van der Waals surface area contributed by atoms with Gasteiger partial charge in [0.15, 0.2) is 5.11 Å². The molecule has 0 aliphatic rings. The van der Waals surface area contributed by atoms with Crippen molar-refractivity contribution in [2.75, 3.05) is 11.9 Å². The number of nitrogens with zero attached hydrogens (tertiary/aromatic N) is 1. The highest BCUT2D eigenvalue weighted by Crippen LogP contribution is 2.03. The number of nitrogens with one attached hydrogen (secondary N) is 2. The maximum absolute atomic E-state index is 11.0. The van der Waals surface area contributed by atoms with E-state index in [1.165, 1.54) is 0 Å². The molecule has 0 spiro atoms. The fraction of sp³-hybridized carbons (Fsp3) is 0.300. The van der Waals surface area contributed by atoms with Gasteiger partial charge in [-0.2, -0.15) is 0 Å². The van der Waals surface area contributed by atoms with E-state index in [-0.39, 0.29) is 5.11 Å². The lowest BCUT2D eigenvalue weighted by Crippen LogP contribution is -2.34. The van der Waals surface area contributed by atoms with E-state index >= 15 is 0 Å². The van der Waals surface area contributed by atoms with Gasteiger partial charge in [-0.15, -0.1) is 0 Å². The van der Waals surface area contributed by atoms with E-state index in [0.29, 0.717) is 12.4 Å². The van der Waals surface area contributed by atoms with Crippen LogP contribution < -0.4 is 10.6 Å². The number of ether oxygens (including phenoxy) is 1. The number of thiocarbonyl (C=S) groups is 1. The second-order valence-electron chi connectivity index (χ2n) is 3.02. The molecule has 86 valence electrons. The molecule has 0 radical (unpaired) electrons. The average molecular weight is 239 g/mol. The first kappa shape index (κ1) is 12.4. The molecule has 1 heterocycles. The lowest BCUT2D eigenvalue weighted by molar-refractivity contribution is 0.158. The molecule has 0 aliphatic carbocycles. The van der Waals surface area contributed by atoms with Gasteiger partial charge >= 0.3 is 6.09 Å². The van der Waals surface area contributed by atoms with E-state index in [0.717, 1.165) is 5.56 Å². The molecule has 0 aliphatic heterocycles. The molecule has 0 fully saturated rings. The zero-order chi connectivity index (χ0) is 12.0. The van der Waals surface area contributed by atoms with Gasteiger partial charge in [-0.1, -0.05) is 6.07 Å².